The molecule has 0 aliphatic carbocycles. The number of carbonyl (C=O) groups excluding carboxylic acids is 1. The highest BCUT2D eigenvalue weighted by atomic mass is 35.5. The fourth-order valence-corrected chi connectivity index (χ4v) is 5.17. The number of rotatable bonds is 6. The van der Waals surface area contributed by atoms with E-state index < -0.39 is 0 Å². The molecule has 6 rings (SSSR count). The van der Waals surface area contributed by atoms with Crippen LogP contribution < -0.4 is 10.9 Å². The van der Waals surface area contributed by atoms with Crippen molar-refractivity contribution in [2.24, 2.45) is 5.10 Å². The van der Waals surface area contributed by atoms with Crippen LogP contribution in [0.1, 0.15) is 11.1 Å². The van der Waals surface area contributed by atoms with E-state index in [0.717, 1.165) is 22.0 Å². The van der Waals surface area contributed by atoms with Gasteiger partial charge in [0.1, 0.15) is 12.4 Å². The van der Waals surface area contributed by atoms with Crippen molar-refractivity contribution in [1.29, 1.82) is 0 Å². The first kappa shape index (κ1) is 24.6. The molecule has 0 saturated heterocycles. The maximum atomic E-state index is 13.5. The zero-order chi connectivity index (χ0) is 26.9. The molecular weight excluding hydrogens is 515 g/mol. The van der Waals surface area contributed by atoms with E-state index in [9.17, 15) is 14.0 Å². The molecule has 4 aromatic carbocycles. The molecule has 0 atom stereocenters. The molecule has 0 radical (unpaired) electrons. The molecule has 192 valence electrons. The second-order valence-electron chi connectivity index (χ2n) is 9.21. The van der Waals surface area contributed by atoms with Crippen molar-refractivity contribution in [3.05, 3.63) is 129 Å². The number of aromatic nitrogens is 2. The predicted molar refractivity (Wildman–Crippen MR) is 154 cm³/mol. The van der Waals surface area contributed by atoms with Crippen LogP contribution >= 0.6 is 11.6 Å². The normalized spacial score (nSPS) is 11.6. The minimum Gasteiger partial charge on any atom is -0.342 e. The molecule has 6 nitrogen and oxygen atoms in total. The summed E-state index contributed by atoms with van der Waals surface area (Å²) in [5.74, 6) is -0.708. The molecule has 0 fully saturated rings. The maximum Gasteiger partial charge on any atom is 0.260 e. The van der Waals surface area contributed by atoms with Crippen LogP contribution in [0.4, 0.5) is 4.39 Å². The fourth-order valence-electron chi connectivity index (χ4n) is 4.94. The summed E-state index contributed by atoms with van der Waals surface area (Å²) >= 11 is 6.26. The first-order chi connectivity index (χ1) is 19.0. The summed E-state index contributed by atoms with van der Waals surface area (Å²) in [6, 6.07) is 26.7. The highest BCUT2D eigenvalue weighted by molar-refractivity contribution is 6.31. The highest BCUT2D eigenvalue weighted by Crippen LogP contribution is 2.24. The van der Waals surface area contributed by atoms with Gasteiger partial charge in [0.25, 0.3) is 5.91 Å². The average molecular weight is 537 g/mol. The van der Waals surface area contributed by atoms with Gasteiger partial charge in [0.2, 0.25) is 0 Å². The number of amides is 1. The third-order valence-electron chi connectivity index (χ3n) is 6.75. The summed E-state index contributed by atoms with van der Waals surface area (Å²) in [5.41, 5.74) is 6.48. The van der Waals surface area contributed by atoms with Crippen molar-refractivity contribution in [1.82, 2.24) is 14.6 Å². The third-order valence-corrected chi connectivity index (χ3v) is 7.10. The second kappa shape index (κ2) is 10.2. The molecule has 0 spiro atoms. The molecule has 0 bridgehead atoms. The summed E-state index contributed by atoms with van der Waals surface area (Å²) < 4.78 is 17.3. The lowest BCUT2D eigenvalue weighted by molar-refractivity contribution is -0.121. The summed E-state index contributed by atoms with van der Waals surface area (Å²) in [5, 5.41) is 6.65. The number of fused-ring (bicyclic) bond motifs is 3. The Bertz CT molecular complexity index is 1920. The largest absolute Gasteiger partial charge is 0.342 e. The number of hydrazone groups is 1. The summed E-state index contributed by atoms with van der Waals surface area (Å²) in [4.78, 5) is 25.9. The highest BCUT2D eigenvalue weighted by Gasteiger charge is 2.13. The summed E-state index contributed by atoms with van der Waals surface area (Å²) in [7, 11) is 0. The number of nitrogens with one attached hydrogen (secondary N) is 1. The Morgan fingerprint density at radius 3 is 2.15 bits per heavy atom. The van der Waals surface area contributed by atoms with Crippen molar-refractivity contribution < 1.29 is 9.18 Å². The molecule has 0 unspecified atom stereocenters. The van der Waals surface area contributed by atoms with Crippen molar-refractivity contribution >= 4 is 56.4 Å². The molecule has 2 heterocycles. The monoisotopic (exact) mass is 536 g/mol. The minimum atomic E-state index is -0.382. The first-order valence-electron chi connectivity index (χ1n) is 12.3. The molecule has 8 heteroatoms. The number of benzene rings is 4. The molecule has 0 aliphatic rings. The van der Waals surface area contributed by atoms with Crippen LogP contribution in [0, 0.1) is 5.82 Å². The lowest BCUT2D eigenvalue weighted by Crippen LogP contribution is -2.25. The number of nitrogens with zero attached hydrogens (tertiary/aromatic N) is 3. The maximum absolute atomic E-state index is 13.5. The molecule has 2 aromatic heterocycles. The van der Waals surface area contributed by atoms with Gasteiger partial charge in [-0.25, -0.2) is 9.82 Å². The van der Waals surface area contributed by atoms with Crippen molar-refractivity contribution in [2.45, 2.75) is 13.1 Å². The van der Waals surface area contributed by atoms with Crippen LogP contribution in [-0.2, 0) is 17.9 Å². The van der Waals surface area contributed by atoms with E-state index in [1.54, 1.807) is 24.4 Å². The van der Waals surface area contributed by atoms with E-state index in [4.69, 9.17) is 11.6 Å². The molecule has 39 heavy (non-hydrogen) atoms. The molecule has 1 N–H and O–H groups in total. The predicted octanol–water partition coefficient (Wildman–Crippen LogP) is 6.10. The van der Waals surface area contributed by atoms with Gasteiger partial charge in [0.15, 0.2) is 5.43 Å². The van der Waals surface area contributed by atoms with Crippen LogP contribution in [0.15, 0.2) is 107 Å². The number of pyridine rings is 1. The Morgan fingerprint density at radius 2 is 1.49 bits per heavy atom. The number of carbonyl (C=O) groups is 1. The number of hydrogen-bond acceptors (Lipinski definition) is 3. The second-order valence-corrected chi connectivity index (χ2v) is 9.62. The molecule has 1 amide bonds. The van der Waals surface area contributed by atoms with E-state index >= 15 is 0 Å². The number of hydrogen-bond donors (Lipinski definition) is 1. The van der Waals surface area contributed by atoms with Crippen LogP contribution in [0.3, 0.4) is 0 Å². The minimum absolute atomic E-state index is 0.0104. The van der Waals surface area contributed by atoms with Crippen molar-refractivity contribution in [2.75, 3.05) is 0 Å². The van der Waals surface area contributed by atoms with Gasteiger partial charge in [-0.2, -0.15) is 5.10 Å². The van der Waals surface area contributed by atoms with E-state index in [2.05, 4.69) is 10.5 Å². The summed E-state index contributed by atoms with van der Waals surface area (Å²) in [6.07, 6.45) is 3.52. The van der Waals surface area contributed by atoms with Crippen LogP contribution in [0.25, 0.3) is 32.7 Å². The zero-order valence-corrected chi connectivity index (χ0v) is 21.4. The SMILES string of the molecule is O=C(Cn1c2ccccc2c(=O)c2ccccc21)N/N=C\c1cn(Cc2ccc(F)cc2Cl)c2ccccc12. The molecule has 0 saturated carbocycles. The lowest BCUT2D eigenvalue weighted by Gasteiger charge is -2.14. The first-order valence-corrected chi connectivity index (χ1v) is 12.7. The Kier molecular flexibility index (Phi) is 6.42. The van der Waals surface area contributed by atoms with Gasteiger partial charge in [0, 0.05) is 45.0 Å². The summed E-state index contributed by atoms with van der Waals surface area (Å²) in [6.45, 7) is 0.440. The van der Waals surface area contributed by atoms with Gasteiger partial charge in [-0.3, -0.25) is 9.59 Å². The van der Waals surface area contributed by atoms with E-state index in [-0.39, 0.29) is 23.7 Å². The molecular formula is C31H22ClFN4O2. The topological polar surface area (TPSA) is 68.4 Å². The number of para-hydroxylation sites is 3. The van der Waals surface area contributed by atoms with E-state index in [1.165, 1.54) is 12.1 Å². The van der Waals surface area contributed by atoms with Gasteiger partial charge in [0.05, 0.1) is 17.2 Å². The Morgan fingerprint density at radius 1 is 0.872 bits per heavy atom. The van der Waals surface area contributed by atoms with Gasteiger partial charge < -0.3 is 9.13 Å². The molecule has 6 aromatic rings. The smallest absolute Gasteiger partial charge is 0.260 e. The van der Waals surface area contributed by atoms with Gasteiger partial charge in [-0.15, -0.1) is 0 Å². The van der Waals surface area contributed by atoms with Crippen LogP contribution in [0.2, 0.25) is 5.02 Å². The standard InChI is InChI=1S/C31H22ClFN4O2/c32-26-15-22(33)14-13-20(26)17-36-18-21(23-7-1-4-10-27(23)36)16-34-35-30(38)19-37-28-11-5-2-8-24(28)31(39)25-9-3-6-12-29(25)37/h1-16,18H,17,19H2,(H,35,38)/b34-16-. The van der Waals surface area contributed by atoms with Crippen molar-refractivity contribution in [3.8, 4) is 0 Å². The van der Waals surface area contributed by atoms with E-state index in [1.807, 2.05) is 76.0 Å². The Hall–Kier alpha value is -4.75. The quantitative estimate of drug-likeness (QED) is 0.159. The lowest BCUT2D eigenvalue weighted by atomic mass is 10.1. The van der Waals surface area contributed by atoms with E-state index in [0.29, 0.717) is 33.4 Å². The average Bonchev–Trinajstić information content (AvgIpc) is 3.30. The van der Waals surface area contributed by atoms with Gasteiger partial charge in [-0.1, -0.05) is 60.1 Å². The Balaban J connectivity index is 1.27. The fraction of sp³-hybridized carbons (Fsp3) is 0.0645. The number of halogens is 2. The van der Waals surface area contributed by atoms with Crippen LogP contribution in [-0.4, -0.2) is 21.3 Å². The third kappa shape index (κ3) is 4.69. The van der Waals surface area contributed by atoms with Crippen LogP contribution in [0.5, 0.6) is 0 Å². The molecule has 0 aliphatic heterocycles. The zero-order valence-electron chi connectivity index (χ0n) is 20.6. The van der Waals surface area contributed by atoms with Crippen molar-refractivity contribution in [3.63, 3.8) is 0 Å². The Labute approximate surface area is 227 Å². The van der Waals surface area contributed by atoms with Gasteiger partial charge >= 0.3 is 0 Å². The van der Waals surface area contributed by atoms with Gasteiger partial charge in [-0.05, 0) is 48.0 Å².